The Morgan fingerprint density at radius 1 is 1.21 bits per heavy atom. The molecular formula is C19H18N6O3. The first-order chi connectivity index (χ1) is 13.6. The highest BCUT2D eigenvalue weighted by molar-refractivity contribution is 5.91. The molecule has 0 aliphatic rings. The van der Waals surface area contributed by atoms with Crippen LogP contribution >= 0.6 is 0 Å². The van der Waals surface area contributed by atoms with E-state index in [2.05, 4.69) is 20.6 Å². The van der Waals surface area contributed by atoms with Crippen LogP contribution in [-0.2, 0) is 13.1 Å². The number of hydrogen-bond acceptors (Lipinski definition) is 6. The summed E-state index contributed by atoms with van der Waals surface area (Å²) < 4.78 is 7.95. The average Bonchev–Trinajstić information content (AvgIpc) is 3.36. The molecule has 0 saturated heterocycles. The predicted molar refractivity (Wildman–Crippen MR) is 101 cm³/mol. The maximum Gasteiger partial charge on any atom is 0.289 e. The van der Waals surface area contributed by atoms with Crippen molar-refractivity contribution in [2.45, 2.75) is 20.0 Å². The van der Waals surface area contributed by atoms with Crippen molar-refractivity contribution in [2.75, 3.05) is 6.54 Å². The van der Waals surface area contributed by atoms with Gasteiger partial charge in [0.25, 0.3) is 11.5 Å². The number of aryl methyl sites for hydroxylation is 1. The number of amides is 1. The van der Waals surface area contributed by atoms with Gasteiger partial charge in [-0.3, -0.25) is 14.2 Å². The Labute approximate surface area is 159 Å². The SMILES string of the molecule is Cc1ccc(Cn2cnc3c(cnn3CCNC(=O)c3ccno3)c2=O)cc1. The number of nitrogens with one attached hydrogen (secondary N) is 1. The van der Waals surface area contributed by atoms with E-state index < -0.39 is 0 Å². The molecule has 142 valence electrons. The predicted octanol–water partition coefficient (Wildman–Crippen LogP) is 1.37. The zero-order valence-corrected chi connectivity index (χ0v) is 15.2. The molecule has 28 heavy (non-hydrogen) atoms. The normalized spacial score (nSPS) is 11.0. The molecule has 0 spiro atoms. The van der Waals surface area contributed by atoms with Crippen molar-refractivity contribution < 1.29 is 9.32 Å². The van der Waals surface area contributed by atoms with Gasteiger partial charge in [-0.15, -0.1) is 0 Å². The van der Waals surface area contributed by atoms with Gasteiger partial charge in [0, 0.05) is 12.6 Å². The second kappa shape index (κ2) is 7.47. The van der Waals surface area contributed by atoms with Crippen LogP contribution in [0.15, 0.2) is 58.4 Å². The maximum atomic E-state index is 12.7. The van der Waals surface area contributed by atoms with Gasteiger partial charge < -0.3 is 9.84 Å². The second-order valence-corrected chi connectivity index (χ2v) is 6.40. The molecule has 0 aliphatic heterocycles. The van der Waals surface area contributed by atoms with Crippen LogP contribution in [0.2, 0.25) is 0 Å². The van der Waals surface area contributed by atoms with Gasteiger partial charge in [-0.2, -0.15) is 5.10 Å². The zero-order chi connectivity index (χ0) is 19.5. The molecule has 0 bridgehead atoms. The fourth-order valence-corrected chi connectivity index (χ4v) is 2.86. The largest absolute Gasteiger partial charge is 0.351 e. The van der Waals surface area contributed by atoms with E-state index in [9.17, 15) is 9.59 Å². The zero-order valence-electron chi connectivity index (χ0n) is 15.2. The van der Waals surface area contributed by atoms with Crippen molar-refractivity contribution in [1.82, 2.24) is 29.8 Å². The van der Waals surface area contributed by atoms with Gasteiger partial charge in [0.1, 0.15) is 11.7 Å². The van der Waals surface area contributed by atoms with Crippen LogP contribution in [0.25, 0.3) is 11.0 Å². The highest BCUT2D eigenvalue weighted by atomic mass is 16.5. The Balaban J connectivity index is 1.47. The summed E-state index contributed by atoms with van der Waals surface area (Å²) in [5, 5.41) is 10.9. The summed E-state index contributed by atoms with van der Waals surface area (Å²) in [5.74, 6) is -0.218. The Kier molecular flexibility index (Phi) is 4.71. The first-order valence-corrected chi connectivity index (χ1v) is 8.77. The van der Waals surface area contributed by atoms with E-state index in [1.165, 1.54) is 30.4 Å². The Morgan fingerprint density at radius 3 is 2.79 bits per heavy atom. The smallest absolute Gasteiger partial charge is 0.289 e. The van der Waals surface area contributed by atoms with E-state index in [1.807, 2.05) is 31.2 Å². The van der Waals surface area contributed by atoms with Crippen LogP contribution in [0.4, 0.5) is 0 Å². The number of benzene rings is 1. The second-order valence-electron chi connectivity index (χ2n) is 6.40. The minimum absolute atomic E-state index is 0.141. The van der Waals surface area contributed by atoms with E-state index in [0.29, 0.717) is 30.7 Å². The number of fused-ring (bicyclic) bond motifs is 1. The molecule has 4 rings (SSSR count). The summed E-state index contributed by atoms with van der Waals surface area (Å²) in [6.07, 6.45) is 4.44. The molecule has 0 atom stereocenters. The summed E-state index contributed by atoms with van der Waals surface area (Å²) >= 11 is 0. The molecule has 1 amide bonds. The van der Waals surface area contributed by atoms with Crippen molar-refractivity contribution in [3.05, 3.63) is 76.3 Å². The lowest BCUT2D eigenvalue weighted by molar-refractivity contribution is 0.0915. The Hall–Kier alpha value is -3.75. The van der Waals surface area contributed by atoms with E-state index in [-0.39, 0.29) is 17.2 Å². The third kappa shape index (κ3) is 3.54. The molecular weight excluding hydrogens is 360 g/mol. The average molecular weight is 378 g/mol. The monoisotopic (exact) mass is 378 g/mol. The molecule has 1 N–H and O–H groups in total. The standard InChI is InChI=1S/C19H18N6O3/c1-13-2-4-14(5-3-13)11-24-12-21-17-15(19(24)27)10-22-25(17)9-8-20-18(26)16-6-7-23-28-16/h2-7,10,12H,8-9,11H2,1H3,(H,20,26). The number of nitrogens with zero attached hydrogens (tertiary/aromatic N) is 5. The summed E-state index contributed by atoms with van der Waals surface area (Å²) in [7, 11) is 0. The highest BCUT2D eigenvalue weighted by Crippen LogP contribution is 2.08. The van der Waals surface area contributed by atoms with E-state index in [0.717, 1.165) is 5.56 Å². The quantitative estimate of drug-likeness (QED) is 0.543. The maximum absolute atomic E-state index is 12.7. The van der Waals surface area contributed by atoms with Crippen LogP contribution in [0, 0.1) is 6.92 Å². The van der Waals surface area contributed by atoms with Crippen LogP contribution in [0.5, 0.6) is 0 Å². The van der Waals surface area contributed by atoms with Gasteiger partial charge >= 0.3 is 0 Å². The van der Waals surface area contributed by atoms with Gasteiger partial charge in [0.05, 0.1) is 25.5 Å². The van der Waals surface area contributed by atoms with Crippen molar-refractivity contribution in [3.8, 4) is 0 Å². The van der Waals surface area contributed by atoms with Crippen LogP contribution in [-0.4, -0.2) is 36.9 Å². The summed E-state index contributed by atoms with van der Waals surface area (Å²) in [6.45, 7) is 3.15. The first kappa shape index (κ1) is 17.7. The molecule has 0 radical (unpaired) electrons. The van der Waals surface area contributed by atoms with Crippen LogP contribution in [0.3, 0.4) is 0 Å². The number of carbonyl (C=O) groups is 1. The third-order valence-electron chi connectivity index (χ3n) is 4.37. The van der Waals surface area contributed by atoms with Gasteiger partial charge in [-0.25, -0.2) is 9.67 Å². The van der Waals surface area contributed by atoms with Gasteiger partial charge in [0.15, 0.2) is 5.65 Å². The lowest BCUT2D eigenvalue weighted by Crippen LogP contribution is -2.27. The molecule has 1 aromatic carbocycles. The Morgan fingerprint density at radius 2 is 2.04 bits per heavy atom. The molecule has 4 aromatic rings. The van der Waals surface area contributed by atoms with E-state index >= 15 is 0 Å². The molecule has 3 heterocycles. The lowest BCUT2D eigenvalue weighted by atomic mass is 10.1. The summed E-state index contributed by atoms with van der Waals surface area (Å²) in [5.41, 5.74) is 2.53. The van der Waals surface area contributed by atoms with Crippen molar-refractivity contribution in [3.63, 3.8) is 0 Å². The minimum Gasteiger partial charge on any atom is -0.351 e. The fourth-order valence-electron chi connectivity index (χ4n) is 2.86. The first-order valence-electron chi connectivity index (χ1n) is 8.77. The fraction of sp³-hybridized carbons (Fsp3) is 0.211. The molecule has 0 unspecified atom stereocenters. The molecule has 0 saturated carbocycles. The minimum atomic E-state index is -0.359. The van der Waals surface area contributed by atoms with Crippen LogP contribution in [0.1, 0.15) is 21.7 Å². The van der Waals surface area contributed by atoms with Crippen molar-refractivity contribution >= 4 is 16.9 Å². The molecule has 9 heteroatoms. The highest BCUT2D eigenvalue weighted by Gasteiger charge is 2.12. The van der Waals surface area contributed by atoms with Gasteiger partial charge in [-0.05, 0) is 12.5 Å². The molecule has 0 fully saturated rings. The van der Waals surface area contributed by atoms with E-state index in [4.69, 9.17) is 4.52 Å². The topological polar surface area (TPSA) is 108 Å². The third-order valence-corrected chi connectivity index (χ3v) is 4.37. The summed E-state index contributed by atoms with van der Waals surface area (Å²) in [6, 6.07) is 9.49. The van der Waals surface area contributed by atoms with Gasteiger partial charge in [0.2, 0.25) is 5.76 Å². The Bertz CT molecular complexity index is 1160. The number of hydrogen-bond donors (Lipinski definition) is 1. The van der Waals surface area contributed by atoms with Gasteiger partial charge in [-0.1, -0.05) is 35.0 Å². The molecule has 3 aromatic heterocycles. The van der Waals surface area contributed by atoms with E-state index in [1.54, 1.807) is 9.25 Å². The number of carbonyl (C=O) groups excluding carboxylic acids is 1. The molecule has 9 nitrogen and oxygen atoms in total. The number of aromatic nitrogens is 5. The summed E-state index contributed by atoms with van der Waals surface area (Å²) in [4.78, 5) is 29.0. The molecule has 0 aliphatic carbocycles. The van der Waals surface area contributed by atoms with Crippen molar-refractivity contribution in [1.29, 1.82) is 0 Å². The lowest BCUT2D eigenvalue weighted by Gasteiger charge is -2.07. The number of rotatable bonds is 6. The van der Waals surface area contributed by atoms with Crippen molar-refractivity contribution in [2.24, 2.45) is 0 Å². The van der Waals surface area contributed by atoms with Crippen LogP contribution < -0.4 is 10.9 Å².